The van der Waals surface area contributed by atoms with Crippen molar-refractivity contribution in [2.24, 2.45) is 63.1 Å². The second-order valence-corrected chi connectivity index (χ2v) is 29.3. The normalized spacial score (nSPS) is 16.8. The molecule has 0 unspecified atom stereocenters. The number of hydrogen-bond donors (Lipinski definition) is 33. The summed E-state index contributed by atoms with van der Waals surface area (Å²) in [6.45, 7) is 52.4. The highest BCUT2D eigenvalue weighted by molar-refractivity contribution is 5.79. The van der Waals surface area contributed by atoms with E-state index in [9.17, 15) is 38.4 Å². The van der Waals surface area contributed by atoms with Crippen LogP contribution in [0.15, 0.2) is 0 Å². The molecular formula is C76H180N40O12. The van der Waals surface area contributed by atoms with E-state index in [1.54, 1.807) is 39.2 Å². The number of aliphatic hydroxyl groups excluding tert-OH is 4. The van der Waals surface area contributed by atoms with E-state index in [0.29, 0.717) is 151 Å². The maximum Gasteiger partial charge on any atom is 0.320 e. The van der Waals surface area contributed by atoms with Crippen LogP contribution in [-0.4, -0.2) is 568 Å². The molecule has 10 heterocycles. The van der Waals surface area contributed by atoms with Crippen LogP contribution in [0.5, 0.6) is 0 Å². The van der Waals surface area contributed by atoms with E-state index in [4.69, 9.17) is 83.5 Å². The van der Waals surface area contributed by atoms with Gasteiger partial charge in [0, 0.05) is 419 Å². The zero-order valence-corrected chi connectivity index (χ0v) is 77.4. The number of nitrogens with one attached hydrogen (secondary N) is 18. The van der Waals surface area contributed by atoms with Crippen LogP contribution in [0, 0.1) is 0 Å². The standard InChI is InChI=1S/C9H18N4O.C8H14N4O2.C8H20N4.2C7H16N4O.C7H15N3O2.C6H18N4.C6H17N3O.C5H11N3O.C5H10N2O2.C4H13N3.C4H12N2O/c14-9-11-3-6-13(9)8-7-12-4-1-10-2-5-12;13-7-9-1-3-11(7)5-6-12-4-2-10-8(12)14;9-1-2-10-3-6-12-7-4-11-5-8-12;8-1-3-10-5-6-11(4-2-9)7(10)12;8-1-2-9-3-5-11-6-4-10-7(11)12;11-6-3-8-1-4-10-5-2-9-7(10)12;7-1-3-9-5-6-10-4-2-8;7-1-2-8-3-4-9-5-6-10;6-1-3-8-4-2-7-5(8)9;8-4-3-7-2-1-6-5(7)9;5-1-3-7-4-2-6;5-1-2-6-3-4-7/h10H,1-8H2,(H,11,14);1-6H2,(H,9,13)(H,10,14);10-11H,1-9H2;1-6,8-9H2;9H,1-6,8H2,(H,10,12);8,11H,1-6H2,(H,9,12);9-10H,1-8H2;8-10H,1-7H2;1-4,6H2,(H,7,9);8H,1-4H2,(H,6,9);7H,1-6H2;6-7H,1-5H2. The predicted molar refractivity (Wildman–Crippen MR) is 506 cm³/mol. The van der Waals surface area contributed by atoms with Gasteiger partial charge in [0.2, 0.25) is 0 Å². The summed E-state index contributed by atoms with van der Waals surface area (Å²) in [5.74, 6) is 0. The highest BCUT2D eigenvalue weighted by atomic mass is 16.3. The van der Waals surface area contributed by atoms with Crippen LogP contribution in [-0.2, 0) is 0 Å². The molecule has 10 fully saturated rings. The fourth-order valence-electron chi connectivity index (χ4n) is 12.3. The van der Waals surface area contributed by atoms with Gasteiger partial charge in [-0.15, -0.1) is 0 Å². The van der Waals surface area contributed by atoms with Crippen LogP contribution in [0.1, 0.15) is 0 Å². The molecule has 0 aromatic heterocycles. The number of amides is 16. The fourth-order valence-corrected chi connectivity index (χ4v) is 12.3. The van der Waals surface area contributed by atoms with Crippen LogP contribution >= 0.6 is 0 Å². The molecule has 0 radical (unpaired) electrons. The van der Waals surface area contributed by atoms with Gasteiger partial charge < -0.3 is 223 Å². The Morgan fingerprint density at radius 1 is 0.195 bits per heavy atom. The summed E-state index contributed by atoms with van der Waals surface area (Å²) in [7, 11) is 0. The molecule has 128 heavy (non-hydrogen) atoms. The SMILES string of the molecule is NCCN1CCN(CCN)C1=O.NCCN1CCNC1=O.NCCNCCN.NCCNCCN1CCNC1=O.NCCNCCN1CCNCC1.NCCNCCNCCN.NCCNCCNCCO.NCCNCCO.O=C1NCCN1CCN1CCNC1=O.O=C1NCCN1CCN1CCNCC1.O=C1NCCN1CCNCCO.O=C1NCCN1CCO. The minimum absolute atomic E-state index is 0.0143. The van der Waals surface area contributed by atoms with Crippen molar-refractivity contribution in [2.45, 2.75) is 0 Å². The molecule has 0 saturated carbocycles. The lowest BCUT2D eigenvalue weighted by Gasteiger charge is -2.28. The number of urea groups is 8. The summed E-state index contributed by atoms with van der Waals surface area (Å²) in [6.07, 6.45) is 0. The van der Waals surface area contributed by atoms with Crippen LogP contribution in [0.2, 0.25) is 0 Å². The minimum atomic E-state index is -0.0657. The Balaban J connectivity index is 0. The first-order chi connectivity index (χ1) is 62.4. The molecule has 0 aromatic rings. The van der Waals surface area contributed by atoms with Gasteiger partial charge in [-0.1, -0.05) is 0 Å². The number of carbonyl (C=O) groups excluding carboxylic acids is 8. The molecule has 44 N–H and O–H groups in total. The van der Waals surface area contributed by atoms with Crippen LogP contribution in [0.4, 0.5) is 38.4 Å². The van der Waals surface area contributed by atoms with E-state index in [0.717, 1.165) is 255 Å². The van der Waals surface area contributed by atoms with E-state index in [2.05, 4.69) is 106 Å². The first-order valence-electron chi connectivity index (χ1n) is 46.0. The van der Waals surface area contributed by atoms with Crippen LogP contribution < -0.4 is 159 Å². The summed E-state index contributed by atoms with van der Waals surface area (Å²) in [5, 5.41) is 87.0. The zero-order valence-electron chi connectivity index (χ0n) is 77.4. The quantitative estimate of drug-likeness (QED) is 0.0252. The molecule has 52 heteroatoms. The van der Waals surface area contributed by atoms with Gasteiger partial charge in [-0.05, 0) is 0 Å². The van der Waals surface area contributed by atoms with Crippen molar-refractivity contribution >= 4 is 48.2 Å². The lowest BCUT2D eigenvalue weighted by molar-refractivity contribution is 0.192. The maximum atomic E-state index is 11.4. The third-order valence-electron chi connectivity index (χ3n) is 19.2. The van der Waals surface area contributed by atoms with Crippen molar-refractivity contribution in [1.82, 2.24) is 150 Å². The van der Waals surface area contributed by atoms with Gasteiger partial charge in [-0.3, -0.25) is 9.80 Å². The highest BCUT2D eigenvalue weighted by Crippen LogP contribution is 2.07. The summed E-state index contributed by atoms with van der Waals surface area (Å²) in [4.78, 5) is 109. The van der Waals surface area contributed by atoms with Crippen molar-refractivity contribution in [3.05, 3.63) is 0 Å². The zero-order chi connectivity index (χ0) is 94.8. The third kappa shape index (κ3) is 69.9. The fraction of sp³-hybridized carbons (Fsp3) is 0.895. The molecule has 52 nitrogen and oxygen atoms in total. The van der Waals surface area contributed by atoms with Crippen molar-refractivity contribution in [2.75, 3.05) is 445 Å². The molecule has 10 saturated heterocycles. The Bertz CT molecular complexity index is 2430. The second-order valence-electron chi connectivity index (χ2n) is 29.3. The molecule has 0 atom stereocenters. The number of nitrogens with zero attached hydrogens (tertiary/aromatic N) is 11. The van der Waals surface area contributed by atoms with Gasteiger partial charge in [-0.2, -0.15) is 0 Å². The Labute approximate surface area is 762 Å². The second kappa shape index (κ2) is 91.9. The maximum absolute atomic E-state index is 11.4. The van der Waals surface area contributed by atoms with E-state index < -0.39 is 0 Å². The number of hydrogen-bond acceptors (Lipinski definition) is 36. The molecule has 0 aromatic carbocycles. The van der Waals surface area contributed by atoms with Crippen molar-refractivity contribution in [3.63, 3.8) is 0 Å². The average molecular weight is 1850 g/mol. The third-order valence-corrected chi connectivity index (χ3v) is 19.2. The lowest BCUT2D eigenvalue weighted by Crippen LogP contribution is -2.46. The van der Waals surface area contributed by atoms with Crippen molar-refractivity contribution < 1.29 is 58.8 Å². The van der Waals surface area contributed by atoms with E-state index >= 15 is 0 Å². The monoisotopic (exact) mass is 1850 g/mol. The largest absolute Gasteiger partial charge is 0.395 e. The Kier molecular flexibility index (Phi) is 88.4. The summed E-state index contributed by atoms with van der Waals surface area (Å²) in [5.41, 5.74) is 57.8. The Morgan fingerprint density at radius 3 is 0.664 bits per heavy atom. The lowest BCUT2D eigenvalue weighted by atomic mass is 10.3. The topological polar surface area (TPSA) is 756 Å². The van der Waals surface area contributed by atoms with Gasteiger partial charge >= 0.3 is 48.2 Å². The Morgan fingerprint density at radius 2 is 0.406 bits per heavy atom. The number of rotatable bonds is 51. The minimum Gasteiger partial charge on any atom is -0.395 e. The summed E-state index contributed by atoms with van der Waals surface area (Å²) < 4.78 is 0. The van der Waals surface area contributed by atoms with Gasteiger partial charge in [0.1, 0.15) is 0 Å². The average Bonchev–Trinajstić information content (AvgIpc) is 1.73. The van der Waals surface area contributed by atoms with Gasteiger partial charge in [-0.25, -0.2) is 38.4 Å². The molecule has 10 rings (SSSR count). The molecule has 10 aliphatic heterocycles. The smallest absolute Gasteiger partial charge is 0.320 e. The van der Waals surface area contributed by atoms with Gasteiger partial charge in [0.25, 0.3) is 0 Å². The van der Waals surface area contributed by atoms with E-state index in [1.165, 1.54) is 13.1 Å². The molecular weight excluding hydrogens is 1670 g/mol. The van der Waals surface area contributed by atoms with Crippen LogP contribution in [0.25, 0.3) is 0 Å². The Hall–Kier alpha value is -6.96. The first-order valence-corrected chi connectivity index (χ1v) is 46.0. The van der Waals surface area contributed by atoms with Crippen molar-refractivity contribution in [1.29, 1.82) is 0 Å². The van der Waals surface area contributed by atoms with Gasteiger partial charge in [0.15, 0.2) is 0 Å². The number of nitrogens with two attached hydrogens (primary N) is 11. The molecule has 0 bridgehead atoms. The predicted octanol–water partition coefficient (Wildman–Crippen LogP) is -16.6. The number of carbonyl (C=O) groups is 8. The molecule has 756 valence electrons. The van der Waals surface area contributed by atoms with Gasteiger partial charge in [0.05, 0.1) is 26.4 Å². The van der Waals surface area contributed by atoms with E-state index in [1.807, 2.05) is 4.90 Å². The summed E-state index contributed by atoms with van der Waals surface area (Å²) in [6, 6.07) is 0.134. The number of piperazine rings is 2. The molecule has 0 spiro atoms. The van der Waals surface area contributed by atoms with E-state index in [-0.39, 0.29) is 74.7 Å². The molecule has 0 aliphatic carbocycles. The number of aliphatic hydroxyl groups is 4. The first kappa shape index (κ1) is 123. The highest BCUT2D eigenvalue weighted by Gasteiger charge is 2.28. The van der Waals surface area contributed by atoms with Crippen LogP contribution in [0.3, 0.4) is 0 Å². The number of β-amino-alcohol motifs (C(OH)–C–C–N with tert-alkyl or cyclic N) is 1. The van der Waals surface area contributed by atoms with Crippen molar-refractivity contribution in [3.8, 4) is 0 Å². The summed E-state index contributed by atoms with van der Waals surface area (Å²) >= 11 is 0. The molecule has 10 aliphatic rings. The molecule has 16 amide bonds.